The Hall–Kier alpha value is -1.74. The van der Waals surface area contributed by atoms with Crippen LogP contribution >= 0.6 is 0 Å². The maximum Gasteiger partial charge on any atom is 0.119 e. The van der Waals surface area contributed by atoms with Gasteiger partial charge >= 0.3 is 0 Å². The van der Waals surface area contributed by atoms with Crippen LogP contribution in [-0.2, 0) is 6.54 Å². The van der Waals surface area contributed by atoms with Gasteiger partial charge in [0, 0.05) is 24.5 Å². The fourth-order valence-corrected chi connectivity index (χ4v) is 2.34. The molecule has 1 aromatic heterocycles. The van der Waals surface area contributed by atoms with Crippen LogP contribution < -0.4 is 10.1 Å². The smallest absolute Gasteiger partial charge is 0.119 e. The molecule has 0 spiro atoms. The second-order valence-electron chi connectivity index (χ2n) is 4.69. The van der Waals surface area contributed by atoms with Crippen molar-refractivity contribution in [1.29, 1.82) is 0 Å². The van der Waals surface area contributed by atoms with Crippen molar-refractivity contribution in [3.63, 3.8) is 0 Å². The predicted molar refractivity (Wildman–Crippen MR) is 78.6 cm³/mol. The number of nitrogens with zero attached hydrogens (tertiary/aromatic N) is 1. The summed E-state index contributed by atoms with van der Waals surface area (Å²) < 4.78 is 7.55. The molecule has 1 N–H and O–H groups in total. The van der Waals surface area contributed by atoms with Crippen LogP contribution in [0.1, 0.15) is 31.1 Å². The van der Waals surface area contributed by atoms with Crippen molar-refractivity contribution in [2.24, 2.45) is 0 Å². The molecular formula is C16H22N2O. The number of hydrogen-bond donors (Lipinski definition) is 1. The number of benzene rings is 1. The molecule has 3 nitrogen and oxygen atoms in total. The van der Waals surface area contributed by atoms with Crippen LogP contribution in [-0.4, -0.2) is 18.2 Å². The van der Waals surface area contributed by atoms with Gasteiger partial charge in [-0.15, -0.1) is 0 Å². The van der Waals surface area contributed by atoms with Crippen LogP contribution in [0.15, 0.2) is 42.6 Å². The molecule has 0 saturated heterocycles. The monoisotopic (exact) mass is 258 g/mol. The minimum atomic E-state index is 0.366. The molecule has 0 aliphatic heterocycles. The van der Waals surface area contributed by atoms with E-state index in [2.05, 4.69) is 54.2 Å². The Morgan fingerprint density at radius 3 is 2.84 bits per heavy atom. The lowest BCUT2D eigenvalue weighted by Gasteiger charge is -2.16. The quantitative estimate of drug-likeness (QED) is 0.861. The van der Waals surface area contributed by atoms with E-state index in [0.717, 1.165) is 18.8 Å². The molecule has 1 aromatic carbocycles. The molecule has 19 heavy (non-hydrogen) atoms. The van der Waals surface area contributed by atoms with E-state index >= 15 is 0 Å². The first kappa shape index (κ1) is 13.7. The fraction of sp³-hybridized carbons (Fsp3) is 0.375. The third kappa shape index (κ3) is 3.38. The number of aromatic nitrogens is 1. The van der Waals surface area contributed by atoms with Gasteiger partial charge in [-0.05, 0) is 43.3 Å². The number of methoxy groups -OCH3 is 1. The largest absolute Gasteiger partial charge is 0.497 e. The summed E-state index contributed by atoms with van der Waals surface area (Å²) in [5, 5.41) is 3.45. The zero-order valence-electron chi connectivity index (χ0n) is 11.9. The predicted octanol–water partition coefficient (Wildman–Crippen LogP) is 3.22. The Kier molecular flexibility index (Phi) is 4.63. The van der Waals surface area contributed by atoms with Gasteiger partial charge in [-0.3, -0.25) is 0 Å². The van der Waals surface area contributed by atoms with Crippen molar-refractivity contribution in [3.8, 4) is 5.75 Å². The summed E-state index contributed by atoms with van der Waals surface area (Å²) in [5.74, 6) is 0.908. The molecule has 1 unspecified atom stereocenters. The van der Waals surface area contributed by atoms with Crippen molar-refractivity contribution in [3.05, 3.63) is 53.9 Å². The second kappa shape index (κ2) is 6.43. The lowest BCUT2D eigenvalue weighted by molar-refractivity contribution is 0.414. The molecule has 2 aromatic rings. The van der Waals surface area contributed by atoms with Crippen LogP contribution in [0.25, 0.3) is 0 Å². The number of nitrogens with one attached hydrogen (secondary N) is 1. The molecule has 2 rings (SSSR count). The molecule has 0 aliphatic rings. The highest BCUT2D eigenvalue weighted by atomic mass is 16.5. The summed E-state index contributed by atoms with van der Waals surface area (Å²) >= 11 is 0. The summed E-state index contributed by atoms with van der Waals surface area (Å²) in [5.41, 5.74) is 2.56. The molecular weight excluding hydrogens is 236 g/mol. The summed E-state index contributed by atoms with van der Waals surface area (Å²) in [6.45, 7) is 6.17. The highest BCUT2D eigenvalue weighted by molar-refractivity contribution is 5.29. The molecule has 102 valence electrons. The maximum absolute atomic E-state index is 5.27. The van der Waals surface area contributed by atoms with Gasteiger partial charge in [0.15, 0.2) is 0 Å². The van der Waals surface area contributed by atoms with Gasteiger partial charge in [0.1, 0.15) is 5.75 Å². The van der Waals surface area contributed by atoms with Crippen LogP contribution in [0, 0.1) is 0 Å². The van der Waals surface area contributed by atoms with Gasteiger partial charge in [0.2, 0.25) is 0 Å². The van der Waals surface area contributed by atoms with Crippen molar-refractivity contribution in [2.45, 2.75) is 26.4 Å². The average Bonchev–Trinajstić information content (AvgIpc) is 2.87. The first-order chi connectivity index (χ1) is 9.24. The molecule has 0 amide bonds. The Labute approximate surface area is 115 Å². The fourth-order valence-electron chi connectivity index (χ4n) is 2.34. The van der Waals surface area contributed by atoms with E-state index in [1.165, 1.54) is 11.3 Å². The first-order valence-electron chi connectivity index (χ1n) is 6.76. The molecule has 1 atom stereocenters. The van der Waals surface area contributed by atoms with E-state index in [-0.39, 0.29) is 0 Å². The molecule has 0 fully saturated rings. The summed E-state index contributed by atoms with van der Waals surface area (Å²) in [6, 6.07) is 12.9. The zero-order valence-corrected chi connectivity index (χ0v) is 11.9. The minimum absolute atomic E-state index is 0.366. The topological polar surface area (TPSA) is 26.2 Å². The van der Waals surface area contributed by atoms with Gasteiger partial charge in [0.05, 0.1) is 7.11 Å². The van der Waals surface area contributed by atoms with Gasteiger partial charge in [-0.25, -0.2) is 0 Å². The van der Waals surface area contributed by atoms with E-state index in [4.69, 9.17) is 4.74 Å². The SMILES string of the molecule is CCNC(C)c1cccn1Cc1cccc(OC)c1. The van der Waals surface area contributed by atoms with Crippen molar-refractivity contribution in [2.75, 3.05) is 13.7 Å². The molecule has 1 heterocycles. The lowest BCUT2D eigenvalue weighted by Crippen LogP contribution is -2.20. The van der Waals surface area contributed by atoms with Gasteiger partial charge in [-0.2, -0.15) is 0 Å². The Bertz CT molecular complexity index is 519. The van der Waals surface area contributed by atoms with Gasteiger partial charge in [0.25, 0.3) is 0 Å². The summed E-state index contributed by atoms with van der Waals surface area (Å²) in [6.07, 6.45) is 2.13. The molecule has 0 aliphatic carbocycles. The zero-order chi connectivity index (χ0) is 13.7. The van der Waals surface area contributed by atoms with Gasteiger partial charge < -0.3 is 14.6 Å². The molecule has 3 heteroatoms. The van der Waals surface area contributed by atoms with Crippen LogP contribution in [0.4, 0.5) is 0 Å². The van der Waals surface area contributed by atoms with E-state index < -0.39 is 0 Å². The van der Waals surface area contributed by atoms with Crippen molar-refractivity contribution < 1.29 is 4.74 Å². The number of rotatable bonds is 6. The lowest BCUT2D eigenvalue weighted by atomic mass is 10.2. The van der Waals surface area contributed by atoms with E-state index in [0.29, 0.717) is 6.04 Å². The standard InChI is InChI=1S/C16H22N2O/c1-4-17-13(2)16-9-6-10-18(16)12-14-7-5-8-15(11-14)19-3/h5-11,13,17H,4,12H2,1-3H3. The van der Waals surface area contributed by atoms with E-state index in [1.54, 1.807) is 7.11 Å². The van der Waals surface area contributed by atoms with Crippen LogP contribution in [0.3, 0.4) is 0 Å². The highest BCUT2D eigenvalue weighted by Gasteiger charge is 2.09. The van der Waals surface area contributed by atoms with E-state index in [1.807, 2.05) is 12.1 Å². The summed E-state index contributed by atoms with van der Waals surface area (Å²) in [4.78, 5) is 0. The third-order valence-corrected chi connectivity index (χ3v) is 3.31. The maximum atomic E-state index is 5.27. The average molecular weight is 258 g/mol. The molecule has 0 bridgehead atoms. The Morgan fingerprint density at radius 2 is 2.11 bits per heavy atom. The number of ether oxygens (including phenoxy) is 1. The van der Waals surface area contributed by atoms with Crippen molar-refractivity contribution >= 4 is 0 Å². The summed E-state index contributed by atoms with van der Waals surface area (Å²) in [7, 11) is 1.70. The normalized spacial score (nSPS) is 12.4. The minimum Gasteiger partial charge on any atom is -0.497 e. The highest BCUT2D eigenvalue weighted by Crippen LogP contribution is 2.18. The van der Waals surface area contributed by atoms with Crippen molar-refractivity contribution in [1.82, 2.24) is 9.88 Å². The Balaban J connectivity index is 2.16. The number of hydrogen-bond acceptors (Lipinski definition) is 2. The van der Waals surface area contributed by atoms with Crippen LogP contribution in [0.5, 0.6) is 5.75 Å². The third-order valence-electron chi connectivity index (χ3n) is 3.31. The van der Waals surface area contributed by atoms with Gasteiger partial charge in [-0.1, -0.05) is 19.1 Å². The Morgan fingerprint density at radius 1 is 1.26 bits per heavy atom. The van der Waals surface area contributed by atoms with Crippen LogP contribution in [0.2, 0.25) is 0 Å². The van der Waals surface area contributed by atoms with E-state index in [9.17, 15) is 0 Å². The molecule has 0 saturated carbocycles. The first-order valence-corrected chi connectivity index (χ1v) is 6.76. The second-order valence-corrected chi connectivity index (χ2v) is 4.69. The molecule has 0 radical (unpaired) electrons.